The van der Waals surface area contributed by atoms with Gasteiger partial charge in [-0.1, -0.05) is 36.8 Å². The average molecular weight is 385 g/mol. The maximum Gasteiger partial charge on any atom is 0.229 e. The van der Waals surface area contributed by atoms with Crippen molar-refractivity contribution in [3.05, 3.63) is 47.0 Å². The number of amides is 3. The first-order chi connectivity index (χ1) is 13.1. The highest BCUT2D eigenvalue weighted by Gasteiger charge is 2.27. The molecule has 1 aliphatic heterocycles. The van der Waals surface area contributed by atoms with Gasteiger partial charge in [0, 0.05) is 43.3 Å². The fourth-order valence-corrected chi connectivity index (χ4v) is 3.89. The highest BCUT2D eigenvalue weighted by Crippen LogP contribution is 2.21. The lowest BCUT2D eigenvalue weighted by molar-refractivity contribution is -0.138. The SMILES string of the molecule is O=C(CCCCCN1C(=O)CCC1=O)Nc1ncc(Cc2ccccc2)s1. The van der Waals surface area contributed by atoms with Crippen LogP contribution in [0.15, 0.2) is 36.5 Å². The fraction of sp³-hybridized carbons (Fsp3) is 0.400. The van der Waals surface area contributed by atoms with Crippen LogP contribution in [0.2, 0.25) is 0 Å². The number of anilines is 1. The molecule has 1 aliphatic rings. The first kappa shape index (κ1) is 19.2. The van der Waals surface area contributed by atoms with Crippen molar-refractivity contribution in [1.82, 2.24) is 9.88 Å². The van der Waals surface area contributed by atoms with E-state index in [0.29, 0.717) is 30.9 Å². The summed E-state index contributed by atoms with van der Waals surface area (Å²) in [5.74, 6) is -0.204. The summed E-state index contributed by atoms with van der Waals surface area (Å²) < 4.78 is 0. The van der Waals surface area contributed by atoms with E-state index in [1.54, 1.807) is 6.20 Å². The van der Waals surface area contributed by atoms with Crippen LogP contribution in [0.4, 0.5) is 5.13 Å². The van der Waals surface area contributed by atoms with Crippen LogP contribution in [0.1, 0.15) is 49.0 Å². The predicted molar refractivity (Wildman–Crippen MR) is 104 cm³/mol. The Morgan fingerprint density at radius 1 is 1.07 bits per heavy atom. The Labute approximate surface area is 162 Å². The monoisotopic (exact) mass is 385 g/mol. The minimum Gasteiger partial charge on any atom is -0.302 e. The van der Waals surface area contributed by atoms with Crippen LogP contribution in [0.25, 0.3) is 0 Å². The normalized spacial score (nSPS) is 14.0. The summed E-state index contributed by atoms with van der Waals surface area (Å²) in [5.41, 5.74) is 1.22. The van der Waals surface area contributed by atoms with Crippen molar-refractivity contribution < 1.29 is 14.4 Å². The molecule has 0 atom stereocenters. The molecule has 0 saturated carbocycles. The van der Waals surface area contributed by atoms with Crippen LogP contribution in [0, 0.1) is 0 Å². The van der Waals surface area contributed by atoms with E-state index in [2.05, 4.69) is 22.4 Å². The van der Waals surface area contributed by atoms with E-state index >= 15 is 0 Å². The number of imide groups is 1. The smallest absolute Gasteiger partial charge is 0.229 e. The van der Waals surface area contributed by atoms with Gasteiger partial charge in [-0.15, -0.1) is 11.3 Å². The second kappa shape index (κ2) is 9.41. The zero-order valence-corrected chi connectivity index (χ0v) is 16.0. The van der Waals surface area contributed by atoms with Gasteiger partial charge in [0.1, 0.15) is 0 Å². The van der Waals surface area contributed by atoms with Crippen LogP contribution in [0.3, 0.4) is 0 Å². The lowest BCUT2D eigenvalue weighted by Gasteiger charge is -2.12. The van der Waals surface area contributed by atoms with Gasteiger partial charge >= 0.3 is 0 Å². The van der Waals surface area contributed by atoms with Gasteiger partial charge in [-0.05, 0) is 18.4 Å². The van der Waals surface area contributed by atoms with Crippen LogP contribution in [-0.2, 0) is 20.8 Å². The molecule has 3 amide bonds. The molecular weight excluding hydrogens is 362 g/mol. The third-order valence-corrected chi connectivity index (χ3v) is 5.37. The molecule has 0 radical (unpaired) electrons. The second-order valence-corrected chi connectivity index (χ2v) is 7.71. The molecule has 0 aliphatic carbocycles. The Balaban J connectivity index is 1.34. The van der Waals surface area contributed by atoms with Crippen LogP contribution in [0.5, 0.6) is 0 Å². The van der Waals surface area contributed by atoms with Crippen molar-refractivity contribution >= 4 is 34.2 Å². The Kier molecular flexibility index (Phi) is 6.70. The number of hydrogen-bond acceptors (Lipinski definition) is 5. The number of rotatable bonds is 9. The van der Waals surface area contributed by atoms with Gasteiger partial charge in [-0.25, -0.2) is 4.98 Å². The molecule has 1 aromatic carbocycles. The molecule has 1 N–H and O–H groups in total. The molecular formula is C20H23N3O3S. The Hall–Kier alpha value is -2.54. The zero-order chi connectivity index (χ0) is 19.1. The van der Waals surface area contributed by atoms with Gasteiger partial charge in [-0.2, -0.15) is 0 Å². The third-order valence-electron chi connectivity index (χ3n) is 4.46. The Morgan fingerprint density at radius 3 is 2.56 bits per heavy atom. The molecule has 1 saturated heterocycles. The number of benzene rings is 1. The van der Waals surface area contributed by atoms with Gasteiger partial charge in [0.15, 0.2) is 5.13 Å². The van der Waals surface area contributed by atoms with E-state index < -0.39 is 0 Å². The number of nitrogens with zero attached hydrogens (tertiary/aromatic N) is 2. The largest absolute Gasteiger partial charge is 0.302 e. The number of thiazole rings is 1. The van der Waals surface area contributed by atoms with Crippen molar-refractivity contribution in [2.75, 3.05) is 11.9 Å². The zero-order valence-electron chi connectivity index (χ0n) is 15.1. The van der Waals surface area contributed by atoms with Gasteiger partial charge in [-0.3, -0.25) is 19.3 Å². The van der Waals surface area contributed by atoms with Gasteiger partial charge in [0.2, 0.25) is 17.7 Å². The molecule has 2 aromatic rings. The molecule has 7 heteroatoms. The van der Waals surface area contributed by atoms with Crippen molar-refractivity contribution in [2.45, 2.75) is 44.9 Å². The van der Waals surface area contributed by atoms with E-state index in [-0.39, 0.29) is 17.7 Å². The van der Waals surface area contributed by atoms with Gasteiger partial charge < -0.3 is 5.32 Å². The maximum atomic E-state index is 12.0. The number of nitrogens with one attached hydrogen (secondary N) is 1. The molecule has 142 valence electrons. The second-order valence-electron chi connectivity index (χ2n) is 6.59. The lowest BCUT2D eigenvalue weighted by atomic mass is 10.1. The van der Waals surface area contributed by atoms with Crippen molar-refractivity contribution in [3.63, 3.8) is 0 Å². The summed E-state index contributed by atoms with van der Waals surface area (Å²) in [5, 5.41) is 3.47. The standard InChI is InChI=1S/C20H23N3O3S/c24-17(9-5-2-6-12-23-18(25)10-11-19(23)26)22-20-21-14-16(27-20)13-15-7-3-1-4-8-15/h1,3-4,7-8,14H,2,5-6,9-13H2,(H,21,22,24). The number of carbonyl (C=O) groups excluding carboxylic acids is 3. The molecule has 2 heterocycles. The molecule has 0 bridgehead atoms. The van der Waals surface area contributed by atoms with Crippen LogP contribution in [-0.4, -0.2) is 34.2 Å². The molecule has 0 spiro atoms. The summed E-state index contributed by atoms with van der Waals surface area (Å²) in [6, 6.07) is 10.1. The molecule has 0 unspecified atom stereocenters. The number of likely N-dealkylation sites (tertiary alicyclic amines) is 1. The minimum absolute atomic E-state index is 0.0519. The van der Waals surface area contributed by atoms with E-state index in [1.165, 1.54) is 21.8 Å². The average Bonchev–Trinajstić information content (AvgIpc) is 3.22. The van der Waals surface area contributed by atoms with Crippen molar-refractivity contribution in [3.8, 4) is 0 Å². The molecule has 3 rings (SSSR count). The summed E-state index contributed by atoms with van der Waals surface area (Å²) in [6.45, 7) is 0.467. The quantitative estimate of drug-likeness (QED) is 0.530. The fourth-order valence-electron chi connectivity index (χ4n) is 3.03. The Bertz CT molecular complexity index is 788. The minimum atomic E-state index is -0.0761. The third kappa shape index (κ3) is 5.72. The summed E-state index contributed by atoms with van der Waals surface area (Å²) in [4.78, 5) is 41.8. The van der Waals surface area contributed by atoms with E-state index in [4.69, 9.17) is 0 Å². The van der Waals surface area contributed by atoms with Crippen molar-refractivity contribution in [2.24, 2.45) is 0 Å². The maximum absolute atomic E-state index is 12.0. The first-order valence-electron chi connectivity index (χ1n) is 9.23. The summed E-state index contributed by atoms with van der Waals surface area (Å²) in [7, 11) is 0. The van der Waals surface area contributed by atoms with Crippen molar-refractivity contribution in [1.29, 1.82) is 0 Å². The molecule has 6 nitrogen and oxygen atoms in total. The number of aromatic nitrogens is 1. The number of unbranched alkanes of at least 4 members (excludes halogenated alkanes) is 2. The van der Waals surface area contributed by atoms with Gasteiger partial charge in [0.05, 0.1) is 0 Å². The summed E-state index contributed by atoms with van der Waals surface area (Å²) in [6.07, 6.45) is 5.97. The number of hydrogen-bond donors (Lipinski definition) is 1. The van der Waals surface area contributed by atoms with E-state index in [0.717, 1.165) is 30.6 Å². The lowest BCUT2D eigenvalue weighted by Crippen LogP contribution is -2.29. The topological polar surface area (TPSA) is 79.4 Å². The summed E-state index contributed by atoms with van der Waals surface area (Å²) >= 11 is 1.49. The molecule has 1 fully saturated rings. The number of carbonyl (C=O) groups is 3. The van der Waals surface area contributed by atoms with E-state index in [9.17, 15) is 14.4 Å². The van der Waals surface area contributed by atoms with Gasteiger partial charge in [0.25, 0.3) is 0 Å². The Morgan fingerprint density at radius 2 is 1.81 bits per heavy atom. The highest BCUT2D eigenvalue weighted by atomic mass is 32.1. The van der Waals surface area contributed by atoms with Crippen LogP contribution < -0.4 is 5.32 Å². The molecule has 1 aromatic heterocycles. The van der Waals surface area contributed by atoms with E-state index in [1.807, 2.05) is 18.2 Å². The highest BCUT2D eigenvalue weighted by molar-refractivity contribution is 7.15. The molecule has 27 heavy (non-hydrogen) atoms. The predicted octanol–water partition coefficient (Wildman–Crippen LogP) is 3.38. The van der Waals surface area contributed by atoms with Crippen LogP contribution >= 0.6 is 11.3 Å². The first-order valence-corrected chi connectivity index (χ1v) is 10.0.